The van der Waals surface area contributed by atoms with Gasteiger partial charge in [-0.2, -0.15) is 11.8 Å². The highest BCUT2D eigenvalue weighted by Gasteiger charge is 2.15. The van der Waals surface area contributed by atoms with Gasteiger partial charge in [0.25, 0.3) is 0 Å². The molecule has 0 fully saturated rings. The monoisotopic (exact) mass is 209 g/mol. The molecular formula is C6H12N2O4S. The average molecular weight is 209 g/mol. The van der Waals surface area contributed by atoms with Crippen LogP contribution in [0.15, 0.2) is 0 Å². The predicted molar refractivity (Wildman–Crippen MR) is 48.5 cm³/mol. The second-order valence-electron chi connectivity index (χ2n) is 2.37. The van der Waals surface area contributed by atoms with E-state index in [1.165, 1.54) is 0 Å². The topological polar surface area (TPSA) is 127 Å². The number of carboxylic acid groups (broad SMARTS) is 2. The second-order valence-corrected chi connectivity index (χ2v) is 3.45. The molecule has 0 aliphatic carbocycles. The van der Waals surface area contributed by atoms with E-state index in [-0.39, 0.29) is 11.5 Å². The van der Waals surface area contributed by atoms with Crippen molar-refractivity contribution in [2.24, 2.45) is 11.5 Å². The fourth-order valence-corrected chi connectivity index (χ4v) is 1.37. The van der Waals surface area contributed by atoms with E-state index in [1.807, 2.05) is 5.73 Å². The van der Waals surface area contributed by atoms with Crippen molar-refractivity contribution in [1.82, 2.24) is 0 Å². The quantitative estimate of drug-likeness (QED) is 0.403. The summed E-state index contributed by atoms with van der Waals surface area (Å²) in [7, 11) is 0. The summed E-state index contributed by atoms with van der Waals surface area (Å²) in [5.41, 5.74) is 7.03. The third-order valence-electron chi connectivity index (χ3n) is 1.20. The summed E-state index contributed by atoms with van der Waals surface area (Å²) in [5, 5.41) is 16.9. The molecule has 76 valence electrons. The Hall–Kier alpha value is -0.790. The van der Waals surface area contributed by atoms with Gasteiger partial charge in [-0.25, -0.2) is 0 Å². The van der Waals surface area contributed by atoms with E-state index >= 15 is 0 Å². The van der Waals surface area contributed by atoms with Crippen LogP contribution in [0.25, 0.3) is 0 Å². The molecule has 13 heavy (non-hydrogen) atoms. The summed E-state index contributed by atoms with van der Waals surface area (Å²) in [6.45, 7) is 0. The number of carbonyl (C=O) groups is 2. The van der Waals surface area contributed by atoms with Crippen molar-refractivity contribution < 1.29 is 21.2 Å². The van der Waals surface area contributed by atoms with Crippen LogP contribution in [0.1, 0.15) is 0 Å². The van der Waals surface area contributed by atoms with E-state index in [2.05, 4.69) is 0 Å². The first-order valence-electron chi connectivity index (χ1n) is 3.95. The van der Waals surface area contributed by atoms with Gasteiger partial charge >= 0.3 is 11.9 Å². The SMILES string of the molecule is [2H]N[C@H](CSCC(N)C(=O)O)C(=O)O. The Kier molecular flexibility index (Phi) is 4.58. The lowest BCUT2D eigenvalue weighted by molar-refractivity contribution is -0.138. The molecule has 0 aromatic heterocycles. The predicted octanol–water partition coefficient (Wildman–Crippen LogP) is -1.46. The number of hydrogen-bond donors (Lipinski definition) is 4. The maximum Gasteiger partial charge on any atom is 0.321 e. The summed E-state index contributed by atoms with van der Waals surface area (Å²) in [4.78, 5) is 20.7. The Morgan fingerprint density at radius 1 is 1.31 bits per heavy atom. The van der Waals surface area contributed by atoms with Gasteiger partial charge in [0.1, 0.15) is 13.5 Å². The van der Waals surface area contributed by atoms with Crippen LogP contribution in [-0.4, -0.2) is 45.7 Å². The smallest absolute Gasteiger partial charge is 0.321 e. The molecule has 2 atom stereocenters. The molecule has 0 spiro atoms. The summed E-state index contributed by atoms with van der Waals surface area (Å²) in [5.74, 6) is -2.03. The van der Waals surface area contributed by atoms with Gasteiger partial charge in [0.15, 0.2) is 0 Å². The standard InChI is InChI=1S/C6H12N2O4S/c7-3(5(9)10)1-13-2-4(8)6(11)12/h3-4H,1-2,7-8H2,(H,9,10)(H,11,12)/t3-,4?/m1/s1/i/hD. The lowest BCUT2D eigenvalue weighted by atomic mass is 10.4. The Balaban J connectivity index is 3.71. The molecule has 0 heterocycles. The third kappa shape index (κ3) is 5.45. The Labute approximate surface area is 80.7 Å². The van der Waals surface area contributed by atoms with E-state index < -0.39 is 24.0 Å². The van der Waals surface area contributed by atoms with Crippen molar-refractivity contribution in [1.29, 1.82) is 0 Å². The van der Waals surface area contributed by atoms with Crippen LogP contribution in [0, 0.1) is 0 Å². The van der Waals surface area contributed by atoms with E-state index in [0.717, 1.165) is 11.8 Å². The molecule has 0 aliphatic heterocycles. The molecule has 0 rings (SSSR count). The highest BCUT2D eigenvalue weighted by molar-refractivity contribution is 7.99. The first-order chi connectivity index (χ1) is 6.49. The number of rotatable bonds is 7. The van der Waals surface area contributed by atoms with Gasteiger partial charge in [-0.15, -0.1) is 0 Å². The molecule has 0 saturated carbocycles. The van der Waals surface area contributed by atoms with E-state index in [9.17, 15) is 9.59 Å². The maximum atomic E-state index is 10.4. The van der Waals surface area contributed by atoms with Gasteiger partial charge in [0.2, 0.25) is 0 Å². The summed E-state index contributed by atoms with van der Waals surface area (Å²) < 4.78 is 6.67. The molecule has 0 saturated heterocycles. The molecule has 6 nitrogen and oxygen atoms in total. The van der Waals surface area contributed by atoms with Gasteiger partial charge in [-0.05, 0) is 0 Å². The normalized spacial score (nSPS) is 15.9. The fourth-order valence-electron chi connectivity index (χ4n) is 0.455. The van der Waals surface area contributed by atoms with Crippen molar-refractivity contribution in [2.45, 2.75) is 12.1 Å². The van der Waals surface area contributed by atoms with Crippen LogP contribution in [0.5, 0.6) is 0 Å². The summed E-state index contributed by atoms with van der Waals surface area (Å²) in [6, 6.07) is -2.00. The lowest BCUT2D eigenvalue weighted by Gasteiger charge is -2.07. The van der Waals surface area contributed by atoms with E-state index in [1.54, 1.807) is 0 Å². The van der Waals surface area contributed by atoms with Crippen LogP contribution in [0.4, 0.5) is 0 Å². The van der Waals surface area contributed by atoms with Gasteiger partial charge in [-0.1, -0.05) is 0 Å². The molecule has 0 amide bonds. The minimum absolute atomic E-state index is 0.111. The summed E-state index contributed by atoms with van der Waals surface area (Å²) in [6.07, 6.45) is 0. The first kappa shape index (κ1) is 10.3. The molecule has 7 heteroatoms. The Bertz CT molecular complexity index is 216. The largest absolute Gasteiger partial charge is 0.480 e. The zero-order valence-corrected chi connectivity index (χ0v) is 7.58. The number of aliphatic carboxylic acids is 2. The van der Waals surface area contributed by atoms with Gasteiger partial charge in [0, 0.05) is 11.5 Å². The van der Waals surface area contributed by atoms with Gasteiger partial charge < -0.3 is 21.7 Å². The number of thioether (sulfide) groups is 1. The number of hydrogen-bond acceptors (Lipinski definition) is 5. The number of nitrogens with two attached hydrogens (primary N) is 2. The van der Waals surface area contributed by atoms with E-state index in [0.29, 0.717) is 0 Å². The molecular weight excluding hydrogens is 196 g/mol. The third-order valence-corrected chi connectivity index (χ3v) is 2.36. The molecule has 0 aliphatic rings. The Morgan fingerprint density at radius 3 is 2.15 bits per heavy atom. The van der Waals surface area contributed by atoms with Crippen molar-refractivity contribution in [2.75, 3.05) is 11.5 Å². The van der Waals surface area contributed by atoms with Gasteiger partial charge in [-0.3, -0.25) is 9.59 Å². The van der Waals surface area contributed by atoms with Crippen molar-refractivity contribution in [3.8, 4) is 0 Å². The van der Waals surface area contributed by atoms with Crippen LogP contribution >= 0.6 is 11.8 Å². The minimum Gasteiger partial charge on any atom is -0.480 e. The van der Waals surface area contributed by atoms with Crippen LogP contribution in [0.3, 0.4) is 0 Å². The Morgan fingerprint density at radius 2 is 1.77 bits per heavy atom. The zero-order chi connectivity index (χ0) is 11.1. The zero-order valence-electron chi connectivity index (χ0n) is 7.77. The minimum atomic E-state index is -1.14. The molecule has 0 bridgehead atoms. The summed E-state index contributed by atoms with van der Waals surface area (Å²) >= 11 is 1.08. The second kappa shape index (κ2) is 5.79. The highest BCUT2D eigenvalue weighted by Crippen LogP contribution is 2.03. The molecule has 0 radical (unpaired) electrons. The first-order valence-corrected chi connectivity index (χ1v) is 4.60. The molecule has 0 aromatic rings. The van der Waals surface area contributed by atoms with E-state index in [4.69, 9.17) is 17.4 Å². The molecule has 6 N–H and O–H groups in total. The number of carboxylic acids is 2. The van der Waals surface area contributed by atoms with Crippen LogP contribution in [-0.2, 0) is 9.59 Å². The van der Waals surface area contributed by atoms with Crippen molar-refractivity contribution in [3.63, 3.8) is 0 Å². The van der Waals surface area contributed by atoms with Crippen LogP contribution in [0.2, 0.25) is 1.41 Å². The van der Waals surface area contributed by atoms with Crippen molar-refractivity contribution >= 4 is 23.7 Å². The lowest BCUT2D eigenvalue weighted by Crippen LogP contribution is -2.36. The van der Waals surface area contributed by atoms with Crippen LogP contribution < -0.4 is 11.5 Å². The molecule has 0 aromatic carbocycles. The average Bonchev–Trinajstić information content (AvgIpc) is 2.11. The molecule has 1 unspecified atom stereocenters. The van der Waals surface area contributed by atoms with Crippen molar-refractivity contribution in [3.05, 3.63) is 0 Å². The highest BCUT2D eigenvalue weighted by atomic mass is 32.2. The fraction of sp³-hybridized carbons (Fsp3) is 0.667. The maximum absolute atomic E-state index is 10.4. The van der Waals surface area contributed by atoms with Gasteiger partial charge in [0.05, 0.1) is 0 Å².